The largest absolute Gasteiger partial charge is 0.394 e. The van der Waals surface area contributed by atoms with Gasteiger partial charge in [-0.2, -0.15) is 0 Å². The Labute approximate surface area is 126 Å². The molecule has 3 unspecified atom stereocenters. The van der Waals surface area contributed by atoms with Gasteiger partial charge in [-0.25, -0.2) is 0 Å². The molecular weight excluding hydrogens is 248 g/mol. The van der Waals surface area contributed by atoms with Crippen LogP contribution in [0.25, 0.3) is 0 Å². The van der Waals surface area contributed by atoms with Crippen LogP contribution in [0.1, 0.15) is 61.3 Å². The molecule has 1 heterocycles. The molecule has 0 saturated carbocycles. The summed E-state index contributed by atoms with van der Waals surface area (Å²) in [6.45, 7) is 18.4. The first-order valence-electron chi connectivity index (χ1n) is 8.20. The number of rotatable bonds is 6. The van der Waals surface area contributed by atoms with Gasteiger partial charge in [0.15, 0.2) is 0 Å². The summed E-state index contributed by atoms with van der Waals surface area (Å²) in [4.78, 5) is 2.60. The van der Waals surface area contributed by atoms with Gasteiger partial charge in [0.1, 0.15) is 0 Å². The van der Waals surface area contributed by atoms with E-state index in [-0.39, 0.29) is 12.1 Å². The van der Waals surface area contributed by atoms with Gasteiger partial charge < -0.3 is 15.3 Å². The molecule has 120 valence electrons. The third-order valence-electron chi connectivity index (χ3n) is 4.80. The van der Waals surface area contributed by atoms with E-state index in [2.05, 4.69) is 58.7 Å². The maximum absolute atomic E-state index is 9.73. The molecule has 1 aliphatic heterocycles. The van der Waals surface area contributed by atoms with Crippen molar-refractivity contribution in [2.24, 2.45) is 11.3 Å². The van der Waals surface area contributed by atoms with Crippen molar-refractivity contribution in [3.8, 4) is 0 Å². The molecule has 0 aromatic rings. The van der Waals surface area contributed by atoms with Gasteiger partial charge in [0.2, 0.25) is 0 Å². The lowest BCUT2D eigenvalue weighted by Gasteiger charge is -2.37. The Kier molecular flexibility index (Phi) is 6.06. The molecule has 0 aromatic carbocycles. The molecule has 20 heavy (non-hydrogen) atoms. The van der Waals surface area contributed by atoms with Gasteiger partial charge in [-0.05, 0) is 44.6 Å². The Balaban J connectivity index is 2.56. The van der Waals surface area contributed by atoms with E-state index in [1.165, 1.54) is 19.5 Å². The van der Waals surface area contributed by atoms with Crippen LogP contribution in [0.3, 0.4) is 0 Å². The molecule has 3 nitrogen and oxygen atoms in total. The normalized spacial score (nSPS) is 25.9. The number of hydrogen-bond acceptors (Lipinski definition) is 3. The van der Waals surface area contributed by atoms with Gasteiger partial charge in [0, 0.05) is 24.2 Å². The van der Waals surface area contributed by atoms with Crippen LogP contribution in [-0.4, -0.2) is 47.3 Å². The van der Waals surface area contributed by atoms with Crippen molar-refractivity contribution in [2.45, 2.75) is 78.9 Å². The summed E-state index contributed by atoms with van der Waals surface area (Å²) in [5, 5.41) is 13.3. The quantitative estimate of drug-likeness (QED) is 0.787. The van der Waals surface area contributed by atoms with Crippen molar-refractivity contribution in [3.63, 3.8) is 0 Å². The van der Waals surface area contributed by atoms with Crippen molar-refractivity contribution < 1.29 is 5.11 Å². The van der Waals surface area contributed by atoms with Crippen LogP contribution in [0.2, 0.25) is 0 Å². The molecule has 0 aromatic heterocycles. The highest BCUT2D eigenvalue weighted by Gasteiger charge is 2.36. The third kappa shape index (κ3) is 5.01. The Bertz CT molecular complexity index is 298. The molecule has 2 N–H and O–H groups in total. The summed E-state index contributed by atoms with van der Waals surface area (Å²) in [6.07, 6.45) is 2.31. The molecule has 0 spiro atoms. The Morgan fingerprint density at radius 1 is 1.20 bits per heavy atom. The van der Waals surface area contributed by atoms with Crippen molar-refractivity contribution >= 4 is 0 Å². The SMILES string of the molecule is CC(C)NC(C)(CO)CC(C)N1CCC(C(C)(C)C)C1. The van der Waals surface area contributed by atoms with Gasteiger partial charge in [0.25, 0.3) is 0 Å². The first-order chi connectivity index (χ1) is 9.07. The van der Waals surface area contributed by atoms with Crippen molar-refractivity contribution in [1.29, 1.82) is 0 Å². The monoisotopic (exact) mass is 284 g/mol. The zero-order chi connectivity index (χ0) is 15.6. The minimum absolute atomic E-state index is 0.173. The highest BCUT2D eigenvalue weighted by atomic mass is 16.3. The van der Waals surface area contributed by atoms with E-state index in [0.29, 0.717) is 17.5 Å². The summed E-state index contributed by atoms with van der Waals surface area (Å²) < 4.78 is 0. The molecule has 0 bridgehead atoms. The van der Waals surface area contributed by atoms with Crippen LogP contribution in [0, 0.1) is 11.3 Å². The van der Waals surface area contributed by atoms with E-state index in [0.717, 1.165) is 12.3 Å². The van der Waals surface area contributed by atoms with Gasteiger partial charge in [0.05, 0.1) is 6.61 Å². The summed E-state index contributed by atoms with van der Waals surface area (Å²) >= 11 is 0. The van der Waals surface area contributed by atoms with Crippen LogP contribution in [-0.2, 0) is 0 Å². The van der Waals surface area contributed by atoms with Gasteiger partial charge in [-0.1, -0.05) is 34.6 Å². The highest BCUT2D eigenvalue weighted by Crippen LogP contribution is 2.35. The number of hydrogen-bond donors (Lipinski definition) is 2. The van der Waals surface area contributed by atoms with Crippen LogP contribution >= 0.6 is 0 Å². The number of likely N-dealkylation sites (tertiary alicyclic amines) is 1. The zero-order valence-corrected chi connectivity index (χ0v) is 14.7. The summed E-state index contributed by atoms with van der Waals surface area (Å²) in [7, 11) is 0. The lowest BCUT2D eigenvalue weighted by atomic mass is 9.80. The van der Waals surface area contributed by atoms with Crippen LogP contribution in [0.15, 0.2) is 0 Å². The van der Waals surface area contributed by atoms with Crippen LogP contribution in [0.4, 0.5) is 0 Å². The fourth-order valence-corrected chi connectivity index (χ4v) is 3.54. The lowest BCUT2D eigenvalue weighted by molar-refractivity contribution is 0.113. The first-order valence-corrected chi connectivity index (χ1v) is 8.20. The van der Waals surface area contributed by atoms with E-state index in [9.17, 15) is 5.11 Å². The van der Waals surface area contributed by atoms with Crippen molar-refractivity contribution in [3.05, 3.63) is 0 Å². The standard InChI is InChI=1S/C17H36N2O/c1-13(2)18-17(7,12-20)10-14(3)19-9-8-15(11-19)16(4,5)6/h13-15,18,20H,8-12H2,1-7H3. The van der Waals surface area contributed by atoms with Gasteiger partial charge in [-0.3, -0.25) is 0 Å². The molecule has 3 heteroatoms. The van der Waals surface area contributed by atoms with E-state index in [4.69, 9.17) is 0 Å². The topological polar surface area (TPSA) is 35.5 Å². The molecule has 1 fully saturated rings. The maximum Gasteiger partial charge on any atom is 0.0611 e. The maximum atomic E-state index is 9.73. The lowest BCUT2D eigenvalue weighted by Crippen LogP contribution is -2.52. The Morgan fingerprint density at radius 3 is 2.20 bits per heavy atom. The fraction of sp³-hybridized carbons (Fsp3) is 1.00. The van der Waals surface area contributed by atoms with Crippen molar-refractivity contribution in [1.82, 2.24) is 10.2 Å². The highest BCUT2D eigenvalue weighted by molar-refractivity contribution is 4.92. The molecule has 0 aliphatic carbocycles. The Morgan fingerprint density at radius 2 is 1.80 bits per heavy atom. The number of aliphatic hydroxyl groups is 1. The van der Waals surface area contributed by atoms with E-state index in [1.807, 2.05) is 0 Å². The second kappa shape index (κ2) is 6.76. The van der Waals surface area contributed by atoms with E-state index >= 15 is 0 Å². The molecular formula is C17H36N2O. The molecule has 0 radical (unpaired) electrons. The van der Waals surface area contributed by atoms with Crippen LogP contribution < -0.4 is 5.32 Å². The second-order valence-corrected chi connectivity index (χ2v) is 8.42. The average molecular weight is 284 g/mol. The first kappa shape index (κ1) is 17.9. The number of nitrogens with one attached hydrogen (secondary N) is 1. The third-order valence-corrected chi connectivity index (χ3v) is 4.80. The van der Waals surface area contributed by atoms with E-state index < -0.39 is 0 Å². The molecule has 1 saturated heterocycles. The summed E-state index contributed by atoms with van der Waals surface area (Å²) in [5.41, 5.74) is 0.234. The molecule has 1 aliphatic rings. The van der Waals surface area contributed by atoms with E-state index in [1.54, 1.807) is 0 Å². The summed E-state index contributed by atoms with van der Waals surface area (Å²) in [6, 6.07) is 0.922. The molecule has 3 atom stereocenters. The minimum Gasteiger partial charge on any atom is -0.394 e. The molecule has 0 amide bonds. The van der Waals surface area contributed by atoms with Crippen molar-refractivity contribution in [2.75, 3.05) is 19.7 Å². The smallest absolute Gasteiger partial charge is 0.0611 e. The number of nitrogens with zero attached hydrogens (tertiary/aromatic N) is 1. The summed E-state index contributed by atoms with van der Waals surface area (Å²) in [5.74, 6) is 0.795. The van der Waals surface area contributed by atoms with Gasteiger partial charge in [-0.15, -0.1) is 0 Å². The van der Waals surface area contributed by atoms with Crippen LogP contribution in [0.5, 0.6) is 0 Å². The zero-order valence-electron chi connectivity index (χ0n) is 14.7. The number of aliphatic hydroxyl groups excluding tert-OH is 1. The fourth-order valence-electron chi connectivity index (χ4n) is 3.54. The predicted octanol–water partition coefficient (Wildman–Crippen LogP) is 2.88. The average Bonchev–Trinajstić information content (AvgIpc) is 2.76. The minimum atomic E-state index is -0.173. The van der Waals surface area contributed by atoms with Gasteiger partial charge >= 0.3 is 0 Å². The second-order valence-electron chi connectivity index (χ2n) is 8.42. The molecule has 1 rings (SSSR count). The Hall–Kier alpha value is -0.120. The predicted molar refractivity (Wildman–Crippen MR) is 87.0 cm³/mol.